The maximum Gasteiger partial charge on any atom is 0.134 e. The Kier molecular flexibility index (Phi) is 5.95. The number of hydrogen-bond acceptors (Lipinski definition) is 3. The summed E-state index contributed by atoms with van der Waals surface area (Å²) >= 11 is 0. The molecule has 4 aromatic carbocycles. The molecular weight excluding hydrogens is 438 g/mol. The first kappa shape index (κ1) is 21.8. The van der Waals surface area contributed by atoms with Crippen molar-refractivity contribution >= 4 is 11.5 Å². The standard InChI is InChI=1S/C33H25N3/c1-3-9-24(10-4-1)25-16-18-26(19-17-25)31-22-32(36-33(35-31)27-11-5-2-6-12-27)29-14-7-13-28(21-29)30-15-8-20-34-23-30/h1-23,31H,(H,35,36). The lowest BCUT2D eigenvalue weighted by Gasteiger charge is -2.25. The third-order valence-electron chi connectivity index (χ3n) is 6.43. The van der Waals surface area contributed by atoms with E-state index in [2.05, 4.69) is 107 Å². The maximum absolute atomic E-state index is 5.05. The van der Waals surface area contributed by atoms with Gasteiger partial charge in [0.05, 0.1) is 11.7 Å². The van der Waals surface area contributed by atoms with Crippen molar-refractivity contribution in [1.29, 1.82) is 0 Å². The largest absolute Gasteiger partial charge is 0.359 e. The van der Waals surface area contributed by atoms with Crippen molar-refractivity contribution in [1.82, 2.24) is 10.3 Å². The third-order valence-corrected chi connectivity index (χ3v) is 6.43. The van der Waals surface area contributed by atoms with Gasteiger partial charge in [0.1, 0.15) is 5.84 Å². The van der Waals surface area contributed by atoms with Crippen LogP contribution in [0.3, 0.4) is 0 Å². The van der Waals surface area contributed by atoms with E-state index < -0.39 is 0 Å². The van der Waals surface area contributed by atoms with E-state index in [1.54, 1.807) is 6.20 Å². The molecule has 0 saturated heterocycles. The molecule has 0 saturated carbocycles. The Morgan fingerprint density at radius 2 is 1.17 bits per heavy atom. The number of nitrogens with zero attached hydrogens (tertiary/aromatic N) is 2. The number of benzene rings is 4. The first-order valence-corrected chi connectivity index (χ1v) is 12.1. The lowest BCUT2D eigenvalue weighted by Crippen LogP contribution is -2.31. The van der Waals surface area contributed by atoms with Crippen LogP contribution >= 0.6 is 0 Å². The highest BCUT2D eigenvalue weighted by Gasteiger charge is 2.20. The summed E-state index contributed by atoms with van der Waals surface area (Å²) in [5.41, 5.74) is 8.94. The minimum absolute atomic E-state index is 0.000391. The van der Waals surface area contributed by atoms with Crippen molar-refractivity contribution in [3.05, 3.63) is 156 Å². The summed E-state index contributed by atoms with van der Waals surface area (Å²) in [5, 5.41) is 3.65. The Bertz CT molecular complexity index is 1520. The van der Waals surface area contributed by atoms with Crippen LogP contribution in [-0.4, -0.2) is 10.8 Å². The highest BCUT2D eigenvalue weighted by Crippen LogP contribution is 2.31. The molecule has 2 heterocycles. The van der Waals surface area contributed by atoms with Crippen LogP contribution in [0.5, 0.6) is 0 Å². The molecule has 1 atom stereocenters. The van der Waals surface area contributed by atoms with Crippen LogP contribution in [0.4, 0.5) is 0 Å². The van der Waals surface area contributed by atoms with Crippen LogP contribution in [0.15, 0.2) is 145 Å². The van der Waals surface area contributed by atoms with Crippen LogP contribution < -0.4 is 5.32 Å². The zero-order valence-corrected chi connectivity index (χ0v) is 19.8. The molecule has 5 aromatic rings. The first-order valence-electron chi connectivity index (χ1n) is 12.1. The zero-order chi connectivity index (χ0) is 24.2. The van der Waals surface area contributed by atoms with Gasteiger partial charge in [0, 0.05) is 29.1 Å². The van der Waals surface area contributed by atoms with E-state index >= 15 is 0 Å². The molecule has 3 heteroatoms. The van der Waals surface area contributed by atoms with Crippen LogP contribution in [0.1, 0.15) is 22.7 Å². The number of amidine groups is 1. The second-order valence-electron chi connectivity index (χ2n) is 8.81. The highest BCUT2D eigenvalue weighted by atomic mass is 15.0. The molecule has 36 heavy (non-hydrogen) atoms. The van der Waals surface area contributed by atoms with Crippen molar-refractivity contribution in [3.63, 3.8) is 0 Å². The summed E-state index contributed by atoms with van der Waals surface area (Å²) in [6.07, 6.45) is 5.91. The van der Waals surface area contributed by atoms with Crippen molar-refractivity contribution in [2.75, 3.05) is 0 Å². The molecule has 0 spiro atoms. The van der Waals surface area contributed by atoms with Crippen molar-refractivity contribution in [2.24, 2.45) is 4.99 Å². The number of rotatable bonds is 5. The Balaban J connectivity index is 1.39. The normalized spacial score (nSPS) is 14.9. The average molecular weight is 464 g/mol. The molecule has 6 rings (SSSR count). The number of nitrogens with one attached hydrogen (secondary N) is 1. The topological polar surface area (TPSA) is 37.3 Å². The van der Waals surface area contributed by atoms with Gasteiger partial charge in [-0.05, 0) is 40.5 Å². The molecule has 0 radical (unpaired) electrons. The van der Waals surface area contributed by atoms with Crippen LogP contribution in [0.25, 0.3) is 28.0 Å². The lowest BCUT2D eigenvalue weighted by molar-refractivity contribution is 0.781. The van der Waals surface area contributed by atoms with Gasteiger partial charge in [0.15, 0.2) is 0 Å². The fourth-order valence-electron chi connectivity index (χ4n) is 4.53. The third kappa shape index (κ3) is 4.59. The summed E-state index contributed by atoms with van der Waals surface area (Å²) in [5.74, 6) is 0.872. The number of pyridine rings is 1. The molecule has 0 aliphatic carbocycles. The van der Waals surface area contributed by atoms with Gasteiger partial charge in [0.2, 0.25) is 0 Å². The van der Waals surface area contributed by atoms with Gasteiger partial charge in [-0.15, -0.1) is 0 Å². The van der Waals surface area contributed by atoms with Crippen molar-refractivity contribution in [2.45, 2.75) is 6.04 Å². The monoisotopic (exact) mass is 463 g/mol. The number of hydrogen-bond donors (Lipinski definition) is 1. The first-order chi connectivity index (χ1) is 17.8. The van der Waals surface area contributed by atoms with E-state index in [4.69, 9.17) is 4.99 Å². The van der Waals surface area contributed by atoms with E-state index in [0.29, 0.717) is 0 Å². The molecule has 1 aromatic heterocycles. The second-order valence-corrected chi connectivity index (χ2v) is 8.81. The van der Waals surface area contributed by atoms with Crippen LogP contribution in [0, 0.1) is 0 Å². The predicted octanol–water partition coefficient (Wildman–Crippen LogP) is 7.55. The molecule has 0 bridgehead atoms. The van der Waals surface area contributed by atoms with Crippen molar-refractivity contribution < 1.29 is 0 Å². The fraction of sp³-hybridized carbons (Fsp3) is 0.0303. The van der Waals surface area contributed by atoms with Gasteiger partial charge < -0.3 is 5.32 Å². The van der Waals surface area contributed by atoms with E-state index in [-0.39, 0.29) is 6.04 Å². The Labute approximate surface area is 211 Å². The lowest BCUT2D eigenvalue weighted by atomic mass is 9.96. The minimum atomic E-state index is -0.000391. The molecule has 0 amide bonds. The number of aromatic nitrogens is 1. The molecule has 3 nitrogen and oxygen atoms in total. The van der Waals surface area contributed by atoms with E-state index in [1.807, 2.05) is 36.5 Å². The summed E-state index contributed by atoms with van der Waals surface area (Å²) in [7, 11) is 0. The van der Waals surface area contributed by atoms with E-state index in [0.717, 1.165) is 33.8 Å². The molecule has 0 fully saturated rings. The van der Waals surface area contributed by atoms with Crippen LogP contribution in [-0.2, 0) is 0 Å². The highest BCUT2D eigenvalue weighted by molar-refractivity contribution is 6.03. The van der Waals surface area contributed by atoms with Crippen LogP contribution in [0.2, 0.25) is 0 Å². The molecule has 1 aliphatic rings. The Hall–Kier alpha value is -4.76. The molecular formula is C33H25N3. The quantitative estimate of drug-likeness (QED) is 0.292. The van der Waals surface area contributed by atoms with Gasteiger partial charge in [-0.25, -0.2) is 4.99 Å². The van der Waals surface area contributed by atoms with E-state index in [9.17, 15) is 0 Å². The summed E-state index contributed by atoms with van der Waals surface area (Å²) in [4.78, 5) is 9.33. The van der Waals surface area contributed by atoms with Crippen molar-refractivity contribution in [3.8, 4) is 22.3 Å². The summed E-state index contributed by atoms with van der Waals surface area (Å²) in [6, 6.07) is 42.1. The molecule has 1 N–H and O–H groups in total. The summed E-state index contributed by atoms with van der Waals surface area (Å²) in [6.45, 7) is 0. The van der Waals surface area contributed by atoms with Gasteiger partial charge in [0.25, 0.3) is 0 Å². The Morgan fingerprint density at radius 3 is 1.89 bits per heavy atom. The molecule has 172 valence electrons. The minimum Gasteiger partial charge on any atom is -0.359 e. The van der Waals surface area contributed by atoms with E-state index in [1.165, 1.54) is 16.7 Å². The van der Waals surface area contributed by atoms with Gasteiger partial charge in [-0.3, -0.25) is 4.98 Å². The Morgan fingerprint density at radius 1 is 0.528 bits per heavy atom. The van der Waals surface area contributed by atoms with Gasteiger partial charge in [-0.1, -0.05) is 109 Å². The maximum atomic E-state index is 5.05. The fourth-order valence-corrected chi connectivity index (χ4v) is 4.53. The summed E-state index contributed by atoms with van der Waals surface area (Å²) < 4.78 is 0. The second kappa shape index (κ2) is 9.85. The predicted molar refractivity (Wildman–Crippen MR) is 148 cm³/mol. The SMILES string of the molecule is C1=C(c2cccc(-c3cccnc3)c2)N=C(c2ccccc2)NC1c1ccc(-c2ccccc2)cc1. The molecule has 1 aliphatic heterocycles. The number of aliphatic imine (C=N–C) groups is 1. The van der Waals surface area contributed by atoms with Gasteiger partial charge >= 0.3 is 0 Å². The smallest absolute Gasteiger partial charge is 0.134 e. The molecule has 1 unspecified atom stereocenters. The van der Waals surface area contributed by atoms with Gasteiger partial charge in [-0.2, -0.15) is 0 Å². The average Bonchev–Trinajstić information content (AvgIpc) is 2.98. The zero-order valence-electron chi connectivity index (χ0n) is 19.8.